The van der Waals surface area contributed by atoms with Crippen LogP contribution in [-0.2, 0) is 0 Å². The minimum atomic E-state index is 0.877. The first kappa shape index (κ1) is 16.2. The van der Waals surface area contributed by atoms with Gasteiger partial charge in [0, 0.05) is 10.9 Å². The second-order valence-corrected chi connectivity index (χ2v) is 6.18. The Morgan fingerprint density at radius 2 is 1.27 bits per heavy atom. The van der Waals surface area contributed by atoms with Crippen molar-refractivity contribution in [1.29, 1.82) is 0 Å². The molecule has 0 unspecified atom stereocenters. The van der Waals surface area contributed by atoms with E-state index in [-0.39, 0.29) is 0 Å². The Bertz CT molecular complexity index is 1050. The van der Waals surface area contributed by atoms with Gasteiger partial charge in [-0.3, -0.25) is 0 Å². The lowest BCUT2D eigenvalue weighted by atomic mass is 9.96. The van der Waals surface area contributed by atoms with Crippen LogP contribution in [0.25, 0.3) is 33.0 Å². The van der Waals surface area contributed by atoms with Crippen molar-refractivity contribution in [3.8, 4) is 33.8 Å². The van der Waals surface area contributed by atoms with Crippen molar-refractivity contribution in [3.05, 3.63) is 84.9 Å². The van der Waals surface area contributed by atoms with E-state index < -0.39 is 0 Å². The minimum absolute atomic E-state index is 0.877. The maximum atomic E-state index is 5.57. The van der Waals surface area contributed by atoms with Gasteiger partial charge in [0.25, 0.3) is 0 Å². The van der Waals surface area contributed by atoms with Gasteiger partial charge in [-0.15, -0.1) is 0 Å². The van der Waals surface area contributed by atoms with E-state index in [2.05, 4.69) is 48.5 Å². The molecule has 0 atom stereocenters. The fraction of sp³-hybridized carbons (Fsp3) is 0.0833. The summed E-state index contributed by atoms with van der Waals surface area (Å²) in [7, 11) is 3.42. The van der Waals surface area contributed by atoms with E-state index in [4.69, 9.17) is 9.47 Å². The average molecular weight is 340 g/mol. The van der Waals surface area contributed by atoms with Crippen molar-refractivity contribution < 1.29 is 9.47 Å². The third-order valence-electron chi connectivity index (χ3n) is 4.68. The monoisotopic (exact) mass is 340 g/mol. The quantitative estimate of drug-likeness (QED) is 0.441. The molecule has 4 aromatic carbocycles. The topological polar surface area (TPSA) is 18.5 Å². The molecule has 4 aromatic rings. The van der Waals surface area contributed by atoms with Crippen LogP contribution in [0, 0.1) is 0 Å². The lowest BCUT2D eigenvalue weighted by molar-refractivity contribution is 0.416. The largest absolute Gasteiger partial charge is 0.496 e. The van der Waals surface area contributed by atoms with E-state index in [1.807, 2.05) is 36.4 Å². The zero-order chi connectivity index (χ0) is 17.9. The van der Waals surface area contributed by atoms with E-state index in [0.29, 0.717) is 0 Å². The molecular formula is C24H20O2. The summed E-state index contributed by atoms with van der Waals surface area (Å²) in [5, 5.41) is 2.29. The van der Waals surface area contributed by atoms with Crippen LogP contribution in [0.15, 0.2) is 84.9 Å². The molecule has 0 spiro atoms. The maximum Gasteiger partial charge on any atom is 0.126 e. The molecule has 0 aliphatic carbocycles. The summed E-state index contributed by atoms with van der Waals surface area (Å²) >= 11 is 0. The van der Waals surface area contributed by atoms with Gasteiger partial charge < -0.3 is 9.47 Å². The predicted octanol–water partition coefficient (Wildman–Crippen LogP) is 6.19. The molecule has 0 heterocycles. The zero-order valence-corrected chi connectivity index (χ0v) is 14.9. The molecule has 0 aliphatic rings. The van der Waals surface area contributed by atoms with Crippen LogP contribution < -0.4 is 9.47 Å². The predicted molar refractivity (Wildman–Crippen MR) is 108 cm³/mol. The lowest BCUT2D eigenvalue weighted by Gasteiger charge is -2.12. The van der Waals surface area contributed by atoms with Gasteiger partial charge >= 0.3 is 0 Å². The van der Waals surface area contributed by atoms with Crippen LogP contribution in [0.3, 0.4) is 0 Å². The highest BCUT2D eigenvalue weighted by Crippen LogP contribution is 2.36. The number of benzene rings is 4. The summed E-state index contributed by atoms with van der Waals surface area (Å²) in [4.78, 5) is 0. The fourth-order valence-corrected chi connectivity index (χ4v) is 3.34. The normalized spacial score (nSPS) is 10.7. The van der Waals surface area contributed by atoms with Crippen LogP contribution in [-0.4, -0.2) is 14.2 Å². The van der Waals surface area contributed by atoms with Gasteiger partial charge in [0.1, 0.15) is 11.5 Å². The first-order chi connectivity index (χ1) is 12.8. The Morgan fingerprint density at radius 3 is 2.04 bits per heavy atom. The van der Waals surface area contributed by atoms with Gasteiger partial charge in [0.15, 0.2) is 0 Å². The van der Waals surface area contributed by atoms with Gasteiger partial charge in [0.2, 0.25) is 0 Å². The number of fused-ring (bicyclic) bond motifs is 1. The van der Waals surface area contributed by atoms with Gasteiger partial charge in [0.05, 0.1) is 14.2 Å². The lowest BCUT2D eigenvalue weighted by Crippen LogP contribution is -1.90. The number of ether oxygens (including phenoxy) is 2. The second-order valence-electron chi connectivity index (χ2n) is 6.18. The van der Waals surface area contributed by atoms with Crippen LogP contribution in [0.2, 0.25) is 0 Å². The number of rotatable bonds is 4. The molecule has 0 bridgehead atoms. The van der Waals surface area contributed by atoms with Crippen molar-refractivity contribution in [2.24, 2.45) is 0 Å². The third-order valence-corrected chi connectivity index (χ3v) is 4.68. The van der Waals surface area contributed by atoms with Crippen LogP contribution in [0.1, 0.15) is 0 Å². The third kappa shape index (κ3) is 2.91. The van der Waals surface area contributed by atoms with E-state index in [1.54, 1.807) is 14.2 Å². The van der Waals surface area contributed by atoms with Crippen molar-refractivity contribution in [2.45, 2.75) is 0 Å². The van der Waals surface area contributed by atoms with Crippen LogP contribution in [0.5, 0.6) is 11.5 Å². The summed E-state index contributed by atoms with van der Waals surface area (Å²) in [6.45, 7) is 0. The Balaban J connectivity index is 1.85. The molecule has 0 N–H and O–H groups in total. The molecule has 0 aromatic heterocycles. The number of hydrogen-bond donors (Lipinski definition) is 0. The Hall–Kier alpha value is -3.26. The standard InChI is InChI=1S/C24H20O2/c1-25-23-10-6-9-20-15-18(11-13-21(20)23)19-12-14-24(26-2)22(16-19)17-7-4-3-5-8-17/h3-16H,1-2H3. The number of hydrogen-bond acceptors (Lipinski definition) is 2. The van der Waals surface area contributed by atoms with Crippen molar-refractivity contribution in [3.63, 3.8) is 0 Å². The highest BCUT2D eigenvalue weighted by Gasteiger charge is 2.09. The van der Waals surface area contributed by atoms with Gasteiger partial charge in [-0.2, -0.15) is 0 Å². The fourth-order valence-electron chi connectivity index (χ4n) is 3.34. The zero-order valence-electron chi connectivity index (χ0n) is 14.9. The smallest absolute Gasteiger partial charge is 0.126 e. The highest BCUT2D eigenvalue weighted by atomic mass is 16.5. The van der Waals surface area contributed by atoms with Crippen molar-refractivity contribution in [2.75, 3.05) is 14.2 Å². The van der Waals surface area contributed by atoms with Crippen LogP contribution >= 0.6 is 0 Å². The molecule has 0 aliphatic heterocycles. The summed E-state index contributed by atoms with van der Waals surface area (Å²) < 4.78 is 11.0. The van der Waals surface area contributed by atoms with E-state index >= 15 is 0 Å². The SMILES string of the molecule is COc1ccc(-c2ccc3c(OC)cccc3c2)cc1-c1ccccc1. The Morgan fingerprint density at radius 1 is 0.538 bits per heavy atom. The first-order valence-electron chi connectivity index (χ1n) is 8.61. The molecule has 4 rings (SSSR count). The molecule has 26 heavy (non-hydrogen) atoms. The maximum absolute atomic E-state index is 5.57. The van der Waals surface area contributed by atoms with E-state index in [9.17, 15) is 0 Å². The van der Waals surface area contributed by atoms with Gasteiger partial charge in [-0.05, 0) is 46.3 Å². The molecule has 0 fully saturated rings. The van der Waals surface area contributed by atoms with E-state index in [0.717, 1.165) is 33.6 Å². The molecule has 0 amide bonds. The summed E-state index contributed by atoms with van der Waals surface area (Å²) in [6.07, 6.45) is 0. The molecule has 2 heteroatoms. The number of methoxy groups -OCH3 is 2. The van der Waals surface area contributed by atoms with Gasteiger partial charge in [-0.25, -0.2) is 0 Å². The molecule has 128 valence electrons. The van der Waals surface area contributed by atoms with E-state index in [1.165, 1.54) is 10.9 Å². The molecule has 0 saturated carbocycles. The second kappa shape index (κ2) is 6.93. The van der Waals surface area contributed by atoms with Crippen LogP contribution in [0.4, 0.5) is 0 Å². The molecule has 0 saturated heterocycles. The summed E-state index contributed by atoms with van der Waals surface area (Å²) in [6, 6.07) is 29.2. The minimum Gasteiger partial charge on any atom is -0.496 e. The summed E-state index contributed by atoms with van der Waals surface area (Å²) in [5.74, 6) is 1.77. The molecular weight excluding hydrogens is 320 g/mol. The Labute approximate surface area is 153 Å². The van der Waals surface area contributed by atoms with Gasteiger partial charge in [-0.1, -0.05) is 60.7 Å². The molecule has 0 radical (unpaired) electrons. The molecule has 2 nitrogen and oxygen atoms in total. The Kier molecular flexibility index (Phi) is 4.32. The first-order valence-corrected chi connectivity index (χ1v) is 8.61. The average Bonchev–Trinajstić information content (AvgIpc) is 2.73. The van der Waals surface area contributed by atoms with Crippen molar-refractivity contribution >= 4 is 10.8 Å². The van der Waals surface area contributed by atoms with Crippen molar-refractivity contribution in [1.82, 2.24) is 0 Å². The summed E-state index contributed by atoms with van der Waals surface area (Å²) in [5.41, 5.74) is 4.57. The highest BCUT2D eigenvalue weighted by molar-refractivity contribution is 5.92.